The summed E-state index contributed by atoms with van der Waals surface area (Å²) in [6.07, 6.45) is 0. The Balaban J connectivity index is 1.74. The van der Waals surface area contributed by atoms with Crippen LogP contribution in [0.25, 0.3) is 5.69 Å². The van der Waals surface area contributed by atoms with Crippen LogP contribution in [-0.4, -0.2) is 26.4 Å². The predicted molar refractivity (Wildman–Crippen MR) is 106 cm³/mol. The molecular formula is C20H22N4OS. The second-order valence-corrected chi connectivity index (χ2v) is 7.23. The molecule has 0 atom stereocenters. The molecule has 3 rings (SSSR count). The molecule has 0 fully saturated rings. The van der Waals surface area contributed by atoms with E-state index in [1.54, 1.807) is 0 Å². The fourth-order valence-corrected chi connectivity index (χ4v) is 3.43. The largest absolute Gasteiger partial charge is 0.325 e. The van der Waals surface area contributed by atoms with E-state index in [2.05, 4.69) is 47.6 Å². The standard InChI is InChI=1S/C20H22N4OS/c1-13-9-10-17(11-15(13)3)24-16(4)22-23-20(24)26-12-19(25)21-18-8-6-5-7-14(18)2/h5-11H,12H2,1-4H3,(H,21,25). The first-order valence-electron chi connectivity index (χ1n) is 8.43. The van der Waals surface area contributed by atoms with Crippen molar-refractivity contribution in [3.63, 3.8) is 0 Å². The minimum atomic E-state index is -0.0587. The Morgan fingerprint density at radius 2 is 1.77 bits per heavy atom. The van der Waals surface area contributed by atoms with Gasteiger partial charge in [0.05, 0.1) is 5.75 Å². The molecule has 0 radical (unpaired) electrons. The number of hydrogen-bond donors (Lipinski definition) is 1. The highest BCUT2D eigenvalue weighted by atomic mass is 32.2. The van der Waals surface area contributed by atoms with Crippen LogP contribution in [-0.2, 0) is 4.79 Å². The first kappa shape index (κ1) is 18.2. The summed E-state index contributed by atoms with van der Waals surface area (Å²) in [5.41, 5.74) is 5.34. The minimum absolute atomic E-state index is 0.0587. The maximum absolute atomic E-state index is 12.3. The van der Waals surface area contributed by atoms with E-state index in [-0.39, 0.29) is 11.7 Å². The monoisotopic (exact) mass is 366 g/mol. The highest BCUT2D eigenvalue weighted by Crippen LogP contribution is 2.24. The smallest absolute Gasteiger partial charge is 0.234 e. The number of benzene rings is 2. The zero-order chi connectivity index (χ0) is 18.7. The van der Waals surface area contributed by atoms with Crippen LogP contribution in [0, 0.1) is 27.7 Å². The number of nitrogens with one attached hydrogen (secondary N) is 1. The number of aryl methyl sites for hydroxylation is 4. The van der Waals surface area contributed by atoms with E-state index in [0.717, 1.165) is 22.8 Å². The van der Waals surface area contributed by atoms with Crippen LogP contribution < -0.4 is 5.32 Å². The van der Waals surface area contributed by atoms with E-state index < -0.39 is 0 Å². The van der Waals surface area contributed by atoms with Gasteiger partial charge in [0.25, 0.3) is 0 Å². The number of aromatic nitrogens is 3. The molecule has 0 saturated carbocycles. The first-order chi connectivity index (χ1) is 12.5. The molecule has 6 heteroatoms. The predicted octanol–water partition coefficient (Wildman–Crippen LogP) is 4.23. The van der Waals surface area contributed by atoms with Crippen LogP contribution in [0.1, 0.15) is 22.5 Å². The topological polar surface area (TPSA) is 59.8 Å². The molecule has 0 aliphatic carbocycles. The van der Waals surface area contributed by atoms with E-state index in [4.69, 9.17) is 0 Å². The van der Waals surface area contributed by atoms with Crippen molar-refractivity contribution in [1.29, 1.82) is 0 Å². The van der Waals surface area contributed by atoms with E-state index >= 15 is 0 Å². The molecule has 5 nitrogen and oxygen atoms in total. The quantitative estimate of drug-likeness (QED) is 0.687. The van der Waals surface area contributed by atoms with Crippen LogP contribution in [0.15, 0.2) is 47.6 Å². The normalized spacial score (nSPS) is 10.8. The van der Waals surface area contributed by atoms with Gasteiger partial charge in [-0.3, -0.25) is 9.36 Å². The summed E-state index contributed by atoms with van der Waals surface area (Å²) < 4.78 is 1.98. The van der Waals surface area contributed by atoms with Gasteiger partial charge in [-0.25, -0.2) is 0 Å². The molecule has 2 aromatic carbocycles. The second kappa shape index (κ2) is 7.74. The molecule has 1 N–H and O–H groups in total. The van der Waals surface area contributed by atoms with Crippen LogP contribution in [0.4, 0.5) is 5.69 Å². The molecule has 3 aromatic rings. The summed E-state index contributed by atoms with van der Waals surface area (Å²) >= 11 is 1.38. The third-order valence-electron chi connectivity index (χ3n) is 4.30. The number of nitrogens with zero attached hydrogens (tertiary/aromatic N) is 3. The van der Waals surface area contributed by atoms with Crippen LogP contribution in [0.5, 0.6) is 0 Å². The van der Waals surface area contributed by atoms with Crippen molar-refractivity contribution in [2.24, 2.45) is 0 Å². The summed E-state index contributed by atoms with van der Waals surface area (Å²) in [5, 5.41) is 12.1. The number of anilines is 1. The van der Waals surface area contributed by atoms with Crippen molar-refractivity contribution >= 4 is 23.4 Å². The van der Waals surface area contributed by atoms with Gasteiger partial charge in [0.2, 0.25) is 5.91 Å². The summed E-state index contributed by atoms with van der Waals surface area (Å²) in [5.74, 6) is 1.02. The SMILES string of the molecule is Cc1ccc(-n2c(C)nnc2SCC(=O)Nc2ccccc2C)cc1C. The summed E-state index contributed by atoms with van der Waals surface area (Å²) in [6, 6.07) is 14.0. The average Bonchev–Trinajstić information content (AvgIpc) is 2.98. The number of amides is 1. The van der Waals surface area contributed by atoms with Gasteiger partial charge in [-0.05, 0) is 62.6 Å². The third-order valence-corrected chi connectivity index (χ3v) is 5.22. The maximum atomic E-state index is 12.3. The van der Waals surface area contributed by atoms with Crippen LogP contribution in [0.2, 0.25) is 0 Å². The molecule has 26 heavy (non-hydrogen) atoms. The molecule has 0 aliphatic heterocycles. The van der Waals surface area contributed by atoms with Crippen molar-refractivity contribution in [1.82, 2.24) is 14.8 Å². The van der Waals surface area contributed by atoms with E-state index in [0.29, 0.717) is 5.16 Å². The number of para-hydroxylation sites is 1. The Bertz CT molecular complexity index is 949. The molecule has 0 aliphatic rings. The van der Waals surface area contributed by atoms with Crippen molar-refractivity contribution in [2.75, 3.05) is 11.1 Å². The molecule has 0 spiro atoms. The zero-order valence-electron chi connectivity index (χ0n) is 15.4. The number of rotatable bonds is 5. The molecule has 1 aromatic heterocycles. The van der Waals surface area contributed by atoms with Gasteiger partial charge in [0, 0.05) is 11.4 Å². The third kappa shape index (κ3) is 3.96. The van der Waals surface area contributed by atoms with Gasteiger partial charge in [-0.1, -0.05) is 36.0 Å². The summed E-state index contributed by atoms with van der Waals surface area (Å²) in [6.45, 7) is 8.06. The lowest BCUT2D eigenvalue weighted by Crippen LogP contribution is -2.15. The van der Waals surface area contributed by atoms with Crippen LogP contribution in [0.3, 0.4) is 0 Å². The Hall–Kier alpha value is -2.60. The Morgan fingerprint density at radius 3 is 2.50 bits per heavy atom. The number of carbonyl (C=O) groups excluding carboxylic acids is 1. The van der Waals surface area contributed by atoms with Gasteiger partial charge in [0.15, 0.2) is 5.16 Å². The fraction of sp³-hybridized carbons (Fsp3) is 0.250. The summed E-state index contributed by atoms with van der Waals surface area (Å²) in [4.78, 5) is 12.3. The molecule has 0 saturated heterocycles. The lowest BCUT2D eigenvalue weighted by atomic mass is 10.1. The molecule has 0 bridgehead atoms. The van der Waals surface area contributed by atoms with E-state index in [9.17, 15) is 4.79 Å². The van der Waals surface area contributed by atoms with Gasteiger partial charge in [0.1, 0.15) is 5.82 Å². The van der Waals surface area contributed by atoms with Gasteiger partial charge < -0.3 is 5.32 Å². The number of carbonyl (C=O) groups is 1. The van der Waals surface area contributed by atoms with Gasteiger partial charge >= 0.3 is 0 Å². The Morgan fingerprint density at radius 1 is 1.00 bits per heavy atom. The van der Waals surface area contributed by atoms with Crippen molar-refractivity contribution < 1.29 is 4.79 Å². The van der Waals surface area contributed by atoms with E-state index in [1.807, 2.05) is 42.7 Å². The molecule has 1 heterocycles. The Kier molecular flexibility index (Phi) is 5.42. The van der Waals surface area contributed by atoms with Crippen molar-refractivity contribution in [3.05, 3.63) is 65.0 Å². The van der Waals surface area contributed by atoms with Gasteiger partial charge in [-0.2, -0.15) is 0 Å². The minimum Gasteiger partial charge on any atom is -0.325 e. The highest BCUT2D eigenvalue weighted by Gasteiger charge is 2.14. The highest BCUT2D eigenvalue weighted by molar-refractivity contribution is 7.99. The zero-order valence-corrected chi connectivity index (χ0v) is 16.2. The first-order valence-corrected chi connectivity index (χ1v) is 9.42. The molecule has 1 amide bonds. The molecular weight excluding hydrogens is 344 g/mol. The lowest BCUT2D eigenvalue weighted by molar-refractivity contribution is -0.113. The lowest BCUT2D eigenvalue weighted by Gasteiger charge is -2.11. The van der Waals surface area contributed by atoms with Crippen molar-refractivity contribution in [3.8, 4) is 5.69 Å². The van der Waals surface area contributed by atoms with Crippen molar-refractivity contribution in [2.45, 2.75) is 32.9 Å². The van der Waals surface area contributed by atoms with Gasteiger partial charge in [-0.15, -0.1) is 10.2 Å². The van der Waals surface area contributed by atoms with Crippen LogP contribution >= 0.6 is 11.8 Å². The maximum Gasteiger partial charge on any atom is 0.234 e. The second-order valence-electron chi connectivity index (χ2n) is 6.29. The van der Waals surface area contributed by atoms with E-state index in [1.165, 1.54) is 22.9 Å². The number of hydrogen-bond acceptors (Lipinski definition) is 4. The molecule has 134 valence electrons. The fourth-order valence-electron chi connectivity index (χ4n) is 2.63. The Labute approximate surface area is 157 Å². The summed E-state index contributed by atoms with van der Waals surface area (Å²) in [7, 11) is 0. The number of thioether (sulfide) groups is 1. The average molecular weight is 366 g/mol. The molecule has 0 unspecified atom stereocenters.